The minimum absolute atomic E-state index is 0.415. The maximum absolute atomic E-state index is 5.99. The lowest BCUT2D eigenvalue weighted by atomic mass is 10.1. The second-order valence-electron chi connectivity index (χ2n) is 6.46. The molecule has 1 atom stereocenters. The van der Waals surface area contributed by atoms with Gasteiger partial charge in [-0.1, -0.05) is 18.2 Å². The molecule has 0 bridgehead atoms. The number of hydrogen-bond donors (Lipinski definition) is 2. The molecule has 2 N–H and O–H groups in total. The Morgan fingerprint density at radius 1 is 1.24 bits per heavy atom. The van der Waals surface area contributed by atoms with Crippen molar-refractivity contribution in [2.24, 2.45) is 0 Å². The van der Waals surface area contributed by atoms with E-state index in [2.05, 4.69) is 20.7 Å². The number of anilines is 1. The summed E-state index contributed by atoms with van der Waals surface area (Å²) in [6.07, 6.45) is 6.00. The zero-order valence-corrected chi connectivity index (χ0v) is 13.8. The molecule has 0 aliphatic carbocycles. The third kappa shape index (κ3) is 2.55. The number of nitrogens with zero attached hydrogens (tertiary/aromatic N) is 3. The van der Waals surface area contributed by atoms with Gasteiger partial charge in [-0.25, -0.2) is 4.98 Å². The van der Waals surface area contributed by atoms with Crippen LogP contribution in [0.15, 0.2) is 53.2 Å². The minimum atomic E-state index is 0.415. The quantitative estimate of drug-likeness (QED) is 0.602. The van der Waals surface area contributed by atoms with Gasteiger partial charge in [0.05, 0.1) is 11.8 Å². The zero-order chi connectivity index (χ0) is 16.6. The van der Waals surface area contributed by atoms with Crippen molar-refractivity contribution in [3.8, 4) is 11.3 Å². The van der Waals surface area contributed by atoms with Gasteiger partial charge in [-0.05, 0) is 37.6 Å². The molecule has 126 valence electrons. The Balaban J connectivity index is 1.55. The van der Waals surface area contributed by atoms with E-state index in [1.165, 1.54) is 6.42 Å². The number of hydrogen-bond acceptors (Lipinski definition) is 5. The second-order valence-corrected chi connectivity index (χ2v) is 6.46. The van der Waals surface area contributed by atoms with Crippen LogP contribution in [-0.2, 0) is 0 Å². The first-order valence-corrected chi connectivity index (χ1v) is 8.67. The largest absolute Gasteiger partial charge is 0.456 e. The van der Waals surface area contributed by atoms with Crippen LogP contribution in [0.5, 0.6) is 0 Å². The molecule has 4 heterocycles. The molecule has 1 aliphatic rings. The van der Waals surface area contributed by atoms with Gasteiger partial charge >= 0.3 is 0 Å². The summed E-state index contributed by atoms with van der Waals surface area (Å²) in [6, 6.07) is 12.4. The molecule has 6 nitrogen and oxygen atoms in total. The van der Waals surface area contributed by atoms with Crippen molar-refractivity contribution in [3.05, 3.63) is 48.8 Å². The third-order valence-corrected chi connectivity index (χ3v) is 4.74. The van der Waals surface area contributed by atoms with Gasteiger partial charge in [-0.2, -0.15) is 9.61 Å². The van der Waals surface area contributed by atoms with E-state index in [0.29, 0.717) is 6.04 Å². The Morgan fingerprint density at radius 3 is 3.08 bits per heavy atom. The number of piperidine rings is 1. The Labute approximate surface area is 144 Å². The van der Waals surface area contributed by atoms with Crippen molar-refractivity contribution in [1.82, 2.24) is 19.9 Å². The molecule has 0 amide bonds. The molecule has 1 saturated heterocycles. The normalized spacial score (nSPS) is 18.0. The highest BCUT2D eigenvalue weighted by Crippen LogP contribution is 2.30. The number of furan rings is 1. The molecule has 3 aromatic heterocycles. The van der Waals surface area contributed by atoms with E-state index in [0.717, 1.165) is 53.3 Å². The maximum Gasteiger partial charge on any atom is 0.168 e. The Morgan fingerprint density at radius 2 is 2.20 bits per heavy atom. The summed E-state index contributed by atoms with van der Waals surface area (Å²) < 4.78 is 7.84. The van der Waals surface area contributed by atoms with Crippen molar-refractivity contribution in [1.29, 1.82) is 0 Å². The number of aromatic nitrogens is 3. The van der Waals surface area contributed by atoms with Gasteiger partial charge < -0.3 is 15.1 Å². The average Bonchev–Trinajstić information content (AvgIpc) is 3.27. The molecular weight excluding hydrogens is 314 g/mol. The molecule has 5 rings (SSSR count). The number of rotatable bonds is 3. The lowest BCUT2D eigenvalue weighted by molar-refractivity contribution is 0.478. The first-order chi connectivity index (χ1) is 12.4. The van der Waals surface area contributed by atoms with Crippen molar-refractivity contribution < 1.29 is 4.42 Å². The van der Waals surface area contributed by atoms with E-state index in [-0.39, 0.29) is 0 Å². The van der Waals surface area contributed by atoms with Crippen LogP contribution in [0.4, 0.5) is 5.82 Å². The third-order valence-electron chi connectivity index (χ3n) is 4.74. The Bertz CT molecular complexity index is 996. The summed E-state index contributed by atoms with van der Waals surface area (Å²) in [6.45, 7) is 2.07. The molecule has 0 spiro atoms. The van der Waals surface area contributed by atoms with Gasteiger partial charge in [-0.15, -0.1) is 0 Å². The predicted octanol–water partition coefficient (Wildman–Crippen LogP) is 3.31. The fourth-order valence-electron chi connectivity index (χ4n) is 3.47. The van der Waals surface area contributed by atoms with E-state index in [9.17, 15) is 0 Å². The van der Waals surface area contributed by atoms with Crippen LogP contribution in [0, 0.1) is 0 Å². The molecule has 0 radical (unpaired) electrons. The fourth-order valence-corrected chi connectivity index (χ4v) is 3.47. The van der Waals surface area contributed by atoms with Crippen LogP contribution in [0.25, 0.3) is 27.9 Å². The summed E-state index contributed by atoms with van der Waals surface area (Å²) in [5.41, 5.74) is 2.58. The molecule has 1 unspecified atom stereocenters. The van der Waals surface area contributed by atoms with E-state index in [1.807, 2.05) is 53.3 Å². The van der Waals surface area contributed by atoms with Crippen LogP contribution in [0.3, 0.4) is 0 Å². The van der Waals surface area contributed by atoms with Crippen molar-refractivity contribution in [2.45, 2.75) is 18.9 Å². The topological polar surface area (TPSA) is 67.4 Å². The van der Waals surface area contributed by atoms with Crippen LogP contribution < -0.4 is 10.6 Å². The Kier molecular flexibility index (Phi) is 3.41. The van der Waals surface area contributed by atoms with Crippen molar-refractivity contribution >= 4 is 22.4 Å². The van der Waals surface area contributed by atoms with E-state index in [4.69, 9.17) is 4.42 Å². The standard InChI is InChI=1S/C19H19N5O/c1-2-6-16-13(4-1)10-17(25-16)15-12-22-24-18(7-9-21-19(15)24)23-14-5-3-8-20-11-14/h1-2,4,6-7,9-10,12,14,20,23H,3,5,8,11H2. The van der Waals surface area contributed by atoms with Crippen LogP contribution in [-0.4, -0.2) is 33.7 Å². The molecule has 1 aromatic carbocycles. The summed E-state index contributed by atoms with van der Waals surface area (Å²) in [5, 5.41) is 12.6. The first-order valence-electron chi connectivity index (χ1n) is 8.67. The molecule has 1 fully saturated rings. The van der Waals surface area contributed by atoms with E-state index in [1.54, 1.807) is 0 Å². The summed E-state index contributed by atoms with van der Waals surface area (Å²) in [4.78, 5) is 4.53. The van der Waals surface area contributed by atoms with Gasteiger partial charge in [-0.3, -0.25) is 0 Å². The lowest BCUT2D eigenvalue weighted by Crippen LogP contribution is -2.38. The van der Waals surface area contributed by atoms with Gasteiger partial charge in [0.1, 0.15) is 17.2 Å². The SMILES string of the molecule is c1ccc2oc(-c3cnn4c(NC5CCCNC5)ccnc34)cc2c1. The number of nitrogens with one attached hydrogen (secondary N) is 2. The van der Waals surface area contributed by atoms with Gasteiger partial charge in [0.2, 0.25) is 0 Å². The lowest BCUT2D eigenvalue weighted by Gasteiger charge is -2.24. The number of benzene rings is 1. The molecule has 1 aliphatic heterocycles. The fraction of sp³-hybridized carbons (Fsp3) is 0.263. The summed E-state index contributed by atoms with van der Waals surface area (Å²) >= 11 is 0. The molecule has 4 aromatic rings. The maximum atomic E-state index is 5.99. The zero-order valence-electron chi connectivity index (χ0n) is 13.8. The highest BCUT2D eigenvalue weighted by Gasteiger charge is 2.17. The van der Waals surface area contributed by atoms with Crippen LogP contribution in [0.1, 0.15) is 12.8 Å². The predicted molar refractivity (Wildman–Crippen MR) is 97.7 cm³/mol. The van der Waals surface area contributed by atoms with E-state index >= 15 is 0 Å². The minimum Gasteiger partial charge on any atom is -0.456 e. The second kappa shape index (κ2) is 5.89. The molecular formula is C19H19N5O. The summed E-state index contributed by atoms with van der Waals surface area (Å²) in [7, 11) is 0. The first kappa shape index (κ1) is 14.5. The number of para-hydroxylation sites is 1. The van der Waals surface area contributed by atoms with Crippen molar-refractivity contribution in [3.63, 3.8) is 0 Å². The van der Waals surface area contributed by atoms with E-state index < -0.39 is 0 Å². The van der Waals surface area contributed by atoms with Crippen LogP contribution in [0.2, 0.25) is 0 Å². The molecule has 25 heavy (non-hydrogen) atoms. The van der Waals surface area contributed by atoms with Crippen LogP contribution >= 0.6 is 0 Å². The number of fused-ring (bicyclic) bond motifs is 2. The smallest absolute Gasteiger partial charge is 0.168 e. The summed E-state index contributed by atoms with van der Waals surface area (Å²) in [5.74, 6) is 1.75. The van der Waals surface area contributed by atoms with Gasteiger partial charge in [0.25, 0.3) is 0 Å². The van der Waals surface area contributed by atoms with Crippen molar-refractivity contribution in [2.75, 3.05) is 18.4 Å². The van der Waals surface area contributed by atoms with Gasteiger partial charge in [0.15, 0.2) is 5.65 Å². The highest BCUT2D eigenvalue weighted by molar-refractivity contribution is 5.86. The Hall–Kier alpha value is -2.86. The highest BCUT2D eigenvalue weighted by atomic mass is 16.3. The molecule has 0 saturated carbocycles. The van der Waals surface area contributed by atoms with Gasteiger partial charge in [0, 0.05) is 24.2 Å². The molecule has 6 heteroatoms. The monoisotopic (exact) mass is 333 g/mol. The average molecular weight is 333 g/mol.